The molecular weight excluding hydrogens is 339 g/mol. The van der Waals surface area contributed by atoms with Crippen LogP contribution in [0, 0.1) is 5.82 Å². The predicted octanol–water partition coefficient (Wildman–Crippen LogP) is 1.95. The van der Waals surface area contributed by atoms with Crippen molar-refractivity contribution in [2.75, 3.05) is 20.8 Å². The van der Waals surface area contributed by atoms with Crippen molar-refractivity contribution in [2.24, 2.45) is 0 Å². The molecule has 0 aliphatic rings. The summed E-state index contributed by atoms with van der Waals surface area (Å²) < 4.78 is 23.7. The van der Waals surface area contributed by atoms with Crippen molar-refractivity contribution in [3.63, 3.8) is 0 Å². The molecule has 138 valence electrons. The van der Waals surface area contributed by atoms with Gasteiger partial charge in [0.15, 0.2) is 0 Å². The van der Waals surface area contributed by atoms with Crippen molar-refractivity contribution >= 4 is 11.8 Å². The van der Waals surface area contributed by atoms with Crippen molar-refractivity contribution in [3.8, 4) is 5.75 Å². The molecule has 0 bridgehead atoms. The highest BCUT2D eigenvalue weighted by molar-refractivity contribution is 6.35. The van der Waals surface area contributed by atoms with Crippen LogP contribution in [0.25, 0.3) is 0 Å². The largest absolute Gasteiger partial charge is 0.496 e. The molecule has 0 spiro atoms. The van der Waals surface area contributed by atoms with Crippen molar-refractivity contribution in [2.45, 2.75) is 12.6 Å². The maximum atomic E-state index is 13.3. The zero-order valence-corrected chi connectivity index (χ0v) is 14.6. The highest BCUT2D eigenvalue weighted by Gasteiger charge is 2.17. The van der Waals surface area contributed by atoms with Gasteiger partial charge < -0.3 is 20.1 Å². The van der Waals surface area contributed by atoms with Gasteiger partial charge in [-0.05, 0) is 23.8 Å². The predicted molar refractivity (Wildman–Crippen MR) is 94.0 cm³/mol. The Hall–Kier alpha value is -2.93. The third kappa shape index (κ3) is 5.29. The zero-order valence-electron chi connectivity index (χ0n) is 14.6. The van der Waals surface area contributed by atoms with Crippen molar-refractivity contribution < 1.29 is 23.5 Å². The topological polar surface area (TPSA) is 76.7 Å². The number of nitrogens with one attached hydrogen (secondary N) is 2. The smallest absolute Gasteiger partial charge is 0.309 e. The van der Waals surface area contributed by atoms with E-state index in [1.165, 1.54) is 26.4 Å². The highest BCUT2D eigenvalue weighted by Crippen LogP contribution is 2.17. The van der Waals surface area contributed by atoms with Crippen LogP contribution in [0.15, 0.2) is 48.5 Å². The second-order valence-electron chi connectivity index (χ2n) is 5.48. The normalized spacial score (nSPS) is 11.5. The fourth-order valence-corrected chi connectivity index (χ4v) is 2.41. The van der Waals surface area contributed by atoms with Crippen molar-refractivity contribution in [1.82, 2.24) is 10.6 Å². The van der Waals surface area contributed by atoms with Gasteiger partial charge in [-0.2, -0.15) is 0 Å². The molecule has 0 radical (unpaired) electrons. The molecular formula is C19H21FN2O4. The molecule has 26 heavy (non-hydrogen) atoms. The van der Waals surface area contributed by atoms with Gasteiger partial charge >= 0.3 is 11.8 Å². The Morgan fingerprint density at radius 2 is 1.77 bits per heavy atom. The van der Waals surface area contributed by atoms with Crippen LogP contribution in [-0.2, 0) is 20.9 Å². The standard InChI is InChI=1S/C19H21FN2O4/c1-25-16-9-4-3-6-14(16)11-21-18(23)19(24)22-12-17(26-2)13-7-5-8-15(20)10-13/h3-10,17H,11-12H2,1-2H3,(H,21,23)(H,22,24). The van der Waals surface area contributed by atoms with E-state index < -0.39 is 23.7 Å². The van der Waals surface area contributed by atoms with Crippen LogP contribution in [0.4, 0.5) is 4.39 Å². The molecule has 0 aliphatic carbocycles. The highest BCUT2D eigenvalue weighted by atomic mass is 19.1. The molecule has 2 aromatic rings. The summed E-state index contributed by atoms with van der Waals surface area (Å²) in [6, 6.07) is 13.1. The molecule has 2 N–H and O–H groups in total. The van der Waals surface area contributed by atoms with E-state index in [9.17, 15) is 14.0 Å². The maximum Gasteiger partial charge on any atom is 0.309 e. The van der Waals surface area contributed by atoms with Gasteiger partial charge in [0.2, 0.25) is 0 Å². The maximum absolute atomic E-state index is 13.3. The number of para-hydroxylation sites is 1. The van der Waals surface area contributed by atoms with Crippen molar-refractivity contribution in [1.29, 1.82) is 0 Å². The molecule has 0 saturated heterocycles. The quantitative estimate of drug-likeness (QED) is 0.740. The first-order valence-corrected chi connectivity index (χ1v) is 8.01. The Morgan fingerprint density at radius 3 is 2.46 bits per heavy atom. The minimum Gasteiger partial charge on any atom is -0.496 e. The number of rotatable bonds is 7. The second kappa shape index (κ2) is 9.53. The Kier molecular flexibility index (Phi) is 7.11. The molecule has 1 atom stereocenters. The van der Waals surface area contributed by atoms with E-state index in [2.05, 4.69) is 10.6 Å². The van der Waals surface area contributed by atoms with E-state index >= 15 is 0 Å². The molecule has 0 aromatic heterocycles. The SMILES string of the molecule is COc1ccccc1CNC(=O)C(=O)NCC(OC)c1cccc(F)c1. The lowest BCUT2D eigenvalue weighted by Gasteiger charge is -2.16. The molecule has 0 heterocycles. The molecule has 2 aromatic carbocycles. The Balaban J connectivity index is 1.87. The Bertz CT molecular complexity index is 767. The first-order chi connectivity index (χ1) is 12.5. The van der Waals surface area contributed by atoms with Gasteiger partial charge in [0.05, 0.1) is 13.2 Å². The summed E-state index contributed by atoms with van der Waals surface area (Å²) in [6.07, 6.45) is -0.559. The van der Waals surface area contributed by atoms with Crippen LogP contribution in [0.1, 0.15) is 17.2 Å². The second-order valence-corrected chi connectivity index (χ2v) is 5.48. The van der Waals surface area contributed by atoms with Crippen LogP contribution in [-0.4, -0.2) is 32.6 Å². The van der Waals surface area contributed by atoms with Gasteiger partial charge in [-0.25, -0.2) is 4.39 Å². The summed E-state index contributed by atoms with van der Waals surface area (Å²) >= 11 is 0. The van der Waals surface area contributed by atoms with Crippen LogP contribution in [0.3, 0.4) is 0 Å². The average Bonchev–Trinajstić information content (AvgIpc) is 2.66. The van der Waals surface area contributed by atoms with E-state index in [0.717, 1.165) is 5.56 Å². The fraction of sp³-hybridized carbons (Fsp3) is 0.263. The fourth-order valence-electron chi connectivity index (χ4n) is 2.41. The number of hydrogen-bond donors (Lipinski definition) is 2. The molecule has 0 fully saturated rings. The Labute approximate surface area is 151 Å². The van der Waals surface area contributed by atoms with E-state index in [1.807, 2.05) is 12.1 Å². The minimum atomic E-state index is -0.793. The lowest BCUT2D eigenvalue weighted by Crippen LogP contribution is -2.41. The van der Waals surface area contributed by atoms with E-state index in [0.29, 0.717) is 11.3 Å². The number of carbonyl (C=O) groups is 2. The summed E-state index contributed by atoms with van der Waals surface area (Å²) in [4.78, 5) is 23.9. The summed E-state index contributed by atoms with van der Waals surface area (Å²) in [5.41, 5.74) is 1.33. The number of benzene rings is 2. The van der Waals surface area contributed by atoms with Crippen LogP contribution >= 0.6 is 0 Å². The van der Waals surface area contributed by atoms with Crippen LogP contribution < -0.4 is 15.4 Å². The molecule has 0 aliphatic heterocycles. The monoisotopic (exact) mass is 360 g/mol. The lowest BCUT2D eigenvalue weighted by molar-refractivity contribution is -0.139. The number of hydrogen-bond acceptors (Lipinski definition) is 4. The van der Waals surface area contributed by atoms with Crippen LogP contribution in [0.2, 0.25) is 0 Å². The van der Waals surface area contributed by atoms with E-state index in [1.54, 1.807) is 24.3 Å². The summed E-state index contributed by atoms with van der Waals surface area (Å²) in [7, 11) is 2.98. The van der Waals surface area contributed by atoms with Gasteiger partial charge in [0.25, 0.3) is 0 Å². The molecule has 1 unspecified atom stereocenters. The molecule has 0 saturated carbocycles. The lowest BCUT2D eigenvalue weighted by atomic mass is 10.1. The number of ether oxygens (including phenoxy) is 2. The van der Waals surface area contributed by atoms with Gasteiger partial charge in [0.1, 0.15) is 11.6 Å². The minimum absolute atomic E-state index is 0.0425. The van der Waals surface area contributed by atoms with Crippen molar-refractivity contribution in [3.05, 3.63) is 65.5 Å². The molecule has 2 amide bonds. The van der Waals surface area contributed by atoms with E-state index in [-0.39, 0.29) is 13.1 Å². The molecule has 2 rings (SSSR count). The molecule has 7 heteroatoms. The Morgan fingerprint density at radius 1 is 1.04 bits per heavy atom. The number of carbonyl (C=O) groups excluding carboxylic acids is 2. The average molecular weight is 360 g/mol. The number of halogens is 1. The van der Waals surface area contributed by atoms with Crippen LogP contribution in [0.5, 0.6) is 5.75 Å². The first kappa shape index (κ1) is 19.4. The summed E-state index contributed by atoms with van der Waals surface area (Å²) in [6.45, 7) is 0.203. The van der Waals surface area contributed by atoms with Gasteiger partial charge in [-0.3, -0.25) is 9.59 Å². The van der Waals surface area contributed by atoms with Gasteiger partial charge in [-0.1, -0.05) is 30.3 Å². The third-order valence-corrected chi connectivity index (χ3v) is 3.79. The number of amides is 2. The zero-order chi connectivity index (χ0) is 18.9. The summed E-state index contributed by atoms with van der Waals surface area (Å²) in [5, 5.41) is 5.02. The van der Waals surface area contributed by atoms with Gasteiger partial charge in [0, 0.05) is 25.8 Å². The first-order valence-electron chi connectivity index (χ1n) is 8.01. The van der Waals surface area contributed by atoms with Gasteiger partial charge in [-0.15, -0.1) is 0 Å². The molecule has 6 nitrogen and oxygen atoms in total. The van der Waals surface area contributed by atoms with E-state index in [4.69, 9.17) is 9.47 Å². The third-order valence-electron chi connectivity index (χ3n) is 3.79. The summed E-state index contributed by atoms with van der Waals surface area (Å²) in [5.74, 6) is -1.34. The number of methoxy groups -OCH3 is 2.